The Labute approximate surface area is 62.2 Å². The van der Waals surface area contributed by atoms with E-state index in [0.717, 1.165) is 6.42 Å². The van der Waals surface area contributed by atoms with E-state index in [4.69, 9.17) is 4.43 Å². The molecule has 0 heterocycles. The van der Waals surface area contributed by atoms with Crippen molar-refractivity contribution in [3.05, 3.63) is 0 Å². The van der Waals surface area contributed by atoms with Gasteiger partial charge in [0, 0.05) is 20.8 Å². The molecule has 10 heavy (non-hydrogen) atoms. The Morgan fingerprint density at radius 3 is 2.10 bits per heavy atom. The highest BCUT2D eigenvalue weighted by Gasteiger charge is 2.40. The first-order valence-corrected chi connectivity index (χ1v) is 4.76. The van der Waals surface area contributed by atoms with Crippen LogP contribution in [-0.2, 0) is 18.1 Å². The minimum absolute atomic E-state index is 0.400. The van der Waals surface area contributed by atoms with E-state index in [2.05, 4.69) is 8.85 Å². The van der Waals surface area contributed by atoms with Gasteiger partial charge in [0.15, 0.2) is 0 Å². The van der Waals surface area contributed by atoms with E-state index in [1.807, 2.05) is 6.92 Å². The summed E-state index contributed by atoms with van der Waals surface area (Å²) in [5.74, 6) is 0. The summed E-state index contributed by atoms with van der Waals surface area (Å²) in [6, 6.07) is 0. The lowest BCUT2D eigenvalue weighted by Crippen LogP contribution is -2.42. The molecule has 0 aromatic heterocycles. The minimum atomic E-state index is -3.47. The first-order chi connectivity index (χ1) is 4.68. The molecule has 61 valence electrons. The maximum atomic E-state index is 11.1. The minimum Gasteiger partial charge on any atom is -0.353 e. The smallest absolute Gasteiger partial charge is 0.353 e. The second-order valence-electron chi connectivity index (χ2n) is 1.76. The van der Waals surface area contributed by atoms with E-state index >= 15 is 0 Å². The first kappa shape index (κ1) is 10.1. The van der Waals surface area contributed by atoms with Crippen molar-refractivity contribution in [1.29, 1.82) is 0 Å². The zero-order valence-corrected chi connectivity index (χ0v) is 7.55. The number of hydrogen-bond donors (Lipinski definition) is 0. The highest BCUT2D eigenvalue weighted by molar-refractivity contribution is 6.51. The van der Waals surface area contributed by atoms with E-state index in [1.54, 1.807) is 0 Å². The highest BCUT2D eigenvalue weighted by Crippen LogP contribution is 2.02. The molecular formula is C5H13O4Si. The van der Waals surface area contributed by atoms with Crippen LogP contribution in [0.1, 0.15) is 13.3 Å². The Balaban J connectivity index is 3.58. The molecule has 5 heteroatoms. The van der Waals surface area contributed by atoms with Gasteiger partial charge in [-0.2, -0.15) is 0 Å². The molecule has 0 N–H and O–H groups in total. The van der Waals surface area contributed by atoms with Gasteiger partial charge in [0.05, 0.1) is 0 Å². The van der Waals surface area contributed by atoms with Crippen molar-refractivity contribution >= 4 is 9.05 Å². The second-order valence-corrected chi connectivity index (χ2v) is 3.86. The lowest BCUT2D eigenvalue weighted by Gasteiger charge is -2.15. The van der Waals surface area contributed by atoms with Crippen LogP contribution in [0.25, 0.3) is 0 Å². The van der Waals surface area contributed by atoms with E-state index in [-0.39, 0.29) is 0 Å². The Morgan fingerprint density at radius 1 is 1.30 bits per heavy atom. The van der Waals surface area contributed by atoms with Crippen LogP contribution in [0.3, 0.4) is 0 Å². The third-order valence-electron chi connectivity index (χ3n) is 0.983. The van der Waals surface area contributed by atoms with Gasteiger partial charge in [-0.1, -0.05) is 6.92 Å². The van der Waals surface area contributed by atoms with Gasteiger partial charge in [-0.15, -0.1) is 0 Å². The molecule has 0 amide bonds. The van der Waals surface area contributed by atoms with Crippen molar-refractivity contribution in [2.24, 2.45) is 0 Å². The molecule has 1 radical (unpaired) electrons. The predicted octanol–water partition coefficient (Wildman–Crippen LogP) is 0.572. The van der Waals surface area contributed by atoms with Crippen LogP contribution in [0.2, 0.25) is 0 Å². The SMILES string of the molecule is CCCO[Si]([O])(OC)OC. The Kier molecular flexibility index (Phi) is 4.84. The molecule has 0 bridgehead atoms. The zero-order valence-electron chi connectivity index (χ0n) is 6.55. The summed E-state index contributed by atoms with van der Waals surface area (Å²) in [6.45, 7) is 2.32. The third-order valence-corrected chi connectivity index (χ3v) is 2.54. The Bertz CT molecular complexity index is 83.7. The molecule has 0 fully saturated rings. The lowest BCUT2D eigenvalue weighted by atomic mass is 10.5. The average Bonchev–Trinajstić information content (AvgIpc) is 2.00. The van der Waals surface area contributed by atoms with E-state index in [1.165, 1.54) is 14.2 Å². The molecule has 0 aliphatic heterocycles. The van der Waals surface area contributed by atoms with Gasteiger partial charge in [-0.25, -0.2) is 4.80 Å². The topological polar surface area (TPSA) is 47.6 Å². The molecule has 0 aromatic rings. The van der Waals surface area contributed by atoms with Crippen LogP contribution in [0.15, 0.2) is 0 Å². The fourth-order valence-corrected chi connectivity index (χ4v) is 1.28. The summed E-state index contributed by atoms with van der Waals surface area (Å²) in [5.41, 5.74) is 0. The van der Waals surface area contributed by atoms with Gasteiger partial charge in [0.1, 0.15) is 0 Å². The van der Waals surface area contributed by atoms with Crippen LogP contribution in [0.5, 0.6) is 0 Å². The monoisotopic (exact) mass is 165 g/mol. The van der Waals surface area contributed by atoms with Gasteiger partial charge >= 0.3 is 9.05 Å². The number of rotatable bonds is 5. The molecule has 0 spiro atoms. The predicted molar refractivity (Wildman–Crippen MR) is 36.7 cm³/mol. The standard InChI is InChI=1S/C5H13O4Si/c1-4-5-9-10(6,7-2)8-3/h4-5H2,1-3H3. The van der Waals surface area contributed by atoms with Gasteiger partial charge in [0.2, 0.25) is 0 Å². The summed E-state index contributed by atoms with van der Waals surface area (Å²) in [5, 5.41) is 0. The second kappa shape index (κ2) is 4.81. The average molecular weight is 165 g/mol. The summed E-state index contributed by atoms with van der Waals surface area (Å²) in [6.07, 6.45) is 0.795. The molecule has 0 aliphatic carbocycles. The largest absolute Gasteiger partial charge is 0.706 e. The van der Waals surface area contributed by atoms with E-state index in [9.17, 15) is 4.80 Å². The van der Waals surface area contributed by atoms with Crippen molar-refractivity contribution in [2.45, 2.75) is 13.3 Å². The van der Waals surface area contributed by atoms with Crippen molar-refractivity contribution < 1.29 is 18.1 Å². The fraction of sp³-hybridized carbons (Fsp3) is 1.00. The maximum Gasteiger partial charge on any atom is 0.706 e. The fourth-order valence-electron chi connectivity index (χ4n) is 0.428. The quantitative estimate of drug-likeness (QED) is 0.560. The molecule has 0 aliphatic rings. The molecule has 0 rings (SSSR count). The van der Waals surface area contributed by atoms with E-state index < -0.39 is 9.05 Å². The van der Waals surface area contributed by atoms with Crippen molar-refractivity contribution in [3.8, 4) is 0 Å². The van der Waals surface area contributed by atoms with Crippen LogP contribution < -0.4 is 0 Å². The zero-order chi connectivity index (χ0) is 8.04. The number of hydrogen-bond acceptors (Lipinski definition) is 3. The maximum absolute atomic E-state index is 11.1. The van der Waals surface area contributed by atoms with Crippen LogP contribution in [-0.4, -0.2) is 29.9 Å². The van der Waals surface area contributed by atoms with Gasteiger partial charge in [-0.3, -0.25) is 0 Å². The highest BCUT2D eigenvalue weighted by atomic mass is 28.4. The molecule has 0 saturated carbocycles. The summed E-state index contributed by atoms with van der Waals surface area (Å²) >= 11 is 0. The Hall–Kier alpha value is 0.0569. The normalized spacial score (nSPS) is 12.0. The summed E-state index contributed by atoms with van der Waals surface area (Å²) in [7, 11) is -0.860. The van der Waals surface area contributed by atoms with Crippen LogP contribution in [0, 0.1) is 0 Å². The molecular weight excluding hydrogens is 152 g/mol. The Morgan fingerprint density at radius 2 is 1.80 bits per heavy atom. The molecule has 0 unspecified atom stereocenters. The molecule has 0 aromatic carbocycles. The first-order valence-electron chi connectivity index (χ1n) is 3.13. The molecule has 0 atom stereocenters. The van der Waals surface area contributed by atoms with Gasteiger partial charge in [0.25, 0.3) is 0 Å². The van der Waals surface area contributed by atoms with E-state index in [0.29, 0.717) is 6.61 Å². The van der Waals surface area contributed by atoms with Crippen LogP contribution >= 0.6 is 0 Å². The van der Waals surface area contributed by atoms with Crippen molar-refractivity contribution in [1.82, 2.24) is 0 Å². The lowest BCUT2D eigenvalue weighted by molar-refractivity contribution is -0.000438. The summed E-state index contributed by atoms with van der Waals surface area (Å²) in [4.78, 5) is 11.1. The van der Waals surface area contributed by atoms with Crippen molar-refractivity contribution in [2.75, 3.05) is 20.8 Å². The van der Waals surface area contributed by atoms with Crippen molar-refractivity contribution in [3.63, 3.8) is 0 Å². The molecule has 4 nitrogen and oxygen atoms in total. The molecule has 0 saturated heterocycles. The van der Waals surface area contributed by atoms with Crippen LogP contribution in [0.4, 0.5) is 0 Å². The summed E-state index contributed by atoms with van der Waals surface area (Å²) < 4.78 is 13.9. The third kappa shape index (κ3) is 3.28. The van der Waals surface area contributed by atoms with Gasteiger partial charge in [-0.05, 0) is 6.42 Å². The van der Waals surface area contributed by atoms with Gasteiger partial charge < -0.3 is 13.3 Å².